The number of hydrogen-bond acceptors (Lipinski definition) is 0. The summed E-state index contributed by atoms with van der Waals surface area (Å²) in [4.78, 5) is 0. The summed E-state index contributed by atoms with van der Waals surface area (Å²) in [5.41, 5.74) is 0.362. The summed E-state index contributed by atoms with van der Waals surface area (Å²) in [7, 11) is 0. The lowest BCUT2D eigenvalue weighted by Gasteiger charge is -2.34. The Kier molecular flexibility index (Phi) is 5.66. The fraction of sp³-hybridized carbons (Fsp3) is 1.00. The largest absolute Gasteiger partial charge is 0.235 e. The van der Waals surface area contributed by atoms with Gasteiger partial charge in [0.25, 0.3) is 0 Å². The summed E-state index contributed by atoms with van der Waals surface area (Å²) >= 11 is 0. The third-order valence-electron chi connectivity index (χ3n) is 3.53. The Morgan fingerprint density at radius 1 is 1.20 bits per heavy atom. The first kappa shape index (κ1) is 13.0. The maximum Gasteiger partial charge on any atom is 0.0359 e. The van der Waals surface area contributed by atoms with Gasteiger partial charge in [-0.25, -0.2) is 5.32 Å². The highest BCUT2D eigenvalue weighted by atomic mass is 15.0. The molecule has 1 radical (unpaired) electrons. The minimum atomic E-state index is 0.362. The van der Waals surface area contributed by atoms with Gasteiger partial charge in [0.05, 0.1) is 0 Å². The Labute approximate surface area is 96.0 Å². The van der Waals surface area contributed by atoms with Crippen LogP contribution >= 0.6 is 0 Å². The van der Waals surface area contributed by atoms with Gasteiger partial charge in [0.15, 0.2) is 0 Å². The van der Waals surface area contributed by atoms with Gasteiger partial charge >= 0.3 is 0 Å². The monoisotopic (exact) mass is 210 g/mol. The lowest BCUT2D eigenvalue weighted by Crippen LogP contribution is -2.40. The van der Waals surface area contributed by atoms with E-state index in [1.165, 1.54) is 51.4 Å². The van der Waals surface area contributed by atoms with Gasteiger partial charge < -0.3 is 0 Å². The minimum Gasteiger partial charge on any atom is -0.235 e. The molecule has 1 rings (SSSR count). The average Bonchev–Trinajstić information content (AvgIpc) is 2.40. The third kappa shape index (κ3) is 4.55. The lowest BCUT2D eigenvalue weighted by atomic mass is 9.81. The van der Waals surface area contributed by atoms with Crippen LogP contribution in [0.2, 0.25) is 0 Å². The summed E-state index contributed by atoms with van der Waals surface area (Å²) < 4.78 is 0. The Morgan fingerprint density at radius 3 is 2.67 bits per heavy atom. The SMILES string of the molecule is CCCCC1(CC(C)C)CCCCC[N]1. The van der Waals surface area contributed by atoms with Crippen LogP contribution in [0.4, 0.5) is 0 Å². The van der Waals surface area contributed by atoms with Crippen molar-refractivity contribution in [2.75, 3.05) is 6.54 Å². The van der Waals surface area contributed by atoms with Crippen LogP contribution < -0.4 is 5.32 Å². The summed E-state index contributed by atoms with van der Waals surface area (Å²) in [5.74, 6) is 0.795. The predicted molar refractivity (Wildman–Crippen MR) is 67.2 cm³/mol. The van der Waals surface area contributed by atoms with E-state index in [-0.39, 0.29) is 0 Å². The van der Waals surface area contributed by atoms with Crippen LogP contribution in [0.1, 0.15) is 72.1 Å². The van der Waals surface area contributed by atoms with Crippen LogP contribution in [0.15, 0.2) is 0 Å². The summed E-state index contributed by atoms with van der Waals surface area (Å²) in [5, 5.41) is 5.03. The molecule has 0 bridgehead atoms. The molecule has 0 spiro atoms. The Hall–Kier alpha value is -0.0400. The fourth-order valence-electron chi connectivity index (χ4n) is 2.88. The molecule has 15 heavy (non-hydrogen) atoms. The third-order valence-corrected chi connectivity index (χ3v) is 3.53. The first-order chi connectivity index (χ1) is 7.18. The Bertz CT molecular complexity index is 155. The zero-order chi connectivity index (χ0) is 11.1. The number of nitrogens with zero attached hydrogens (tertiary/aromatic N) is 1. The van der Waals surface area contributed by atoms with Crippen molar-refractivity contribution < 1.29 is 0 Å². The highest BCUT2D eigenvalue weighted by molar-refractivity contribution is 4.89. The van der Waals surface area contributed by atoms with E-state index < -0.39 is 0 Å². The second-order valence-corrected chi connectivity index (χ2v) is 5.62. The predicted octanol–water partition coefficient (Wildman–Crippen LogP) is 4.14. The van der Waals surface area contributed by atoms with E-state index in [0.29, 0.717) is 5.54 Å². The van der Waals surface area contributed by atoms with E-state index in [4.69, 9.17) is 5.32 Å². The van der Waals surface area contributed by atoms with Gasteiger partial charge in [-0.3, -0.25) is 0 Å². The molecule has 0 aliphatic carbocycles. The molecule has 89 valence electrons. The van der Waals surface area contributed by atoms with E-state index in [9.17, 15) is 0 Å². The molecule has 0 aromatic carbocycles. The Balaban J connectivity index is 2.55. The molecule has 1 fully saturated rings. The van der Waals surface area contributed by atoms with Crippen LogP contribution in [0.5, 0.6) is 0 Å². The van der Waals surface area contributed by atoms with Gasteiger partial charge in [0, 0.05) is 12.1 Å². The molecule has 1 heterocycles. The van der Waals surface area contributed by atoms with Gasteiger partial charge in [-0.2, -0.15) is 0 Å². The topological polar surface area (TPSA) is 14.1 Å². The molecule has 1 aliphatic heterocycles. The van der Waals surface area contributed by atoms with Crippen molar-refractivity contribution in [2.45, 2.75) is 77.7 Å². The van der Waals surface area contributed by atoms with Crippen LogP contribution in [0.3, 0.4) is 0 Å². The van der Waals surface area contributed by atoms with E-state index in [0.717, 1.165) is 12.5 Å². The second-order valence-electron chi connectivity index (χ2n) is 5.62. The quantitative estimate of drug-likeness (QED) is 0.647. The number of unbranched alkanes of at least 4 members (excludes halogenated alkanes) is 1. The zero-order valence-electron chi connectivity index (χ0n) is 10.9. The molecule has 1 saturated heterocycles. The van der Waals surface area contributed by atoms with Crippen molar-refractivity contribution in [3.05, 3.63) is 0 Å². The molecule has 0 N–H and O–H groups in total. The highest BCUT2D eigenvalue weighted by Gasteiger charge is 2.31. The van der Waals surface area contributed by atoms with E-state index in [2.05, 4.69) is 20.8 Å². The number of hydrogen-bond donors (Lipinski definition) is 0. The molecule has 0 aromatic heterocycles. The van der Waals surface area contributed by atoms with E-state index >= 15 is 0 Å². The average molecular weight is 210 g/mol. The molecule has 1 heteroatoms. The molecule has 1 unspecified atom stereocenters. The standard InChI is InChI=1S/C14H28N/c1-4-5-9-14(12-13(2)3)10-7-6-8-11-15-14/h13H,4-12H2,1-3H3. The maximum atomic E-state index is 5.03. The molecule has 0 amide bonds. The highest BCUT2D eigenvalue weighted by Crippen LogP contribution is 2.32. The van der Waals surface area contributed by atoms with Crippen LogP contribution in [0, 0.1) is 5.92 Å². The summed E-state index contributed by atoms with van der Waals surface area (Å²) in [6.45, 7) is 8.10. The second kappa shape index (κ2) is 6.52. The van der Waals surface area contributed by atoms with Crippen molar-refractivity contribution >= 4 is 0 Å². The normalized spacial score (nSPS) is 28.0. The zero-order valence-corrected chi connectivity index (χ0v) is 10.9. The van der Waals surface area contributed by atoms with Gasteiger partial charge in [0.2, 0.25) is 0 Å². The van der Waals surface area contributed by atoms with Crippen molar-refractivity contribution in [1.82, 2.24) is 5.32 Å². The minimum absolute atomic E-state index is 0.362. The first-order valence-corrected chi connectivity index (χ1v) is 6.87. The van der Waals surface area contributed by atoms with Crippen LogP contribution in [-0.4, -0.2) is 12.1 Å². The van der Waals surface area contributed by atoms with Crippen molar-refractivity contribution in [1.29, 1.82) is 0 Å². The van der Waals surface area contributed by atoms with Gasteiger partial charge in [-0.15, -0.1) is 0 Å². The van der Waals surface area contributed by atoms with Gasteiger partial charge in [0.1, 0.15) is 0 Å². The van der Waals surface area contributed by atoms with Gasteiger partial charge in [-0.1, -0.05) is 46.5 Å². The first-order valence-electron chi connectivity index (χ1n) is 6.87. The molecular formula is C14H28N. The lowest BCUT2D eigenvalue weighted by molar-refractivity contribution is 0.230. The van der Waals surface area contributed by atoms with Crippen molar-refractivity contribution in [3.8, 4) is 0 Å². The molecule has 0 aromatic rings. The molecule has 1 atom stereocenters. The molecular weight excluding hydrogens is 182 g/mol. The molecule has 0 saturated carbocycles. The van der Waals surface area contributed by atoms with Gasteiger partial charge in [-0.05, 0) is 31.6 Å². The van der Waals surface area contributed by atoms with Crippen molar-refractivity contribution in [2.24, 2.45) is 5.92 Å². The number of rotatable bonds is 5. The molecule has 1 aliphatic rings. The fourth-order valence-corrected chi connectivity index (χ4v) is 2.88. The molecule has 1 nitrogen and oxygen atoms in total. The van der Waals surface area contributed by atoms with E-state index in [1.807, 2.05) is 0 Å². The van der Waals surface area contributed by atoms with Crippen LogP contribution in [-0.2, 0) is 0 Å². The summed E-state index contributed by atoms with van der Waals surface area (Å²) in [6, 6.07) is 0. The Morgan fingerprint density at radius 2 is 2.00 bits per heavy atom. The van der Waals surface area contributed by atoms with Crippen LogP contribution in [0.25, 0.3) is 0 Å². The smallest absolute Gasteiger partial charge is 0.0359 e. The summed E-state index contributed by atoms with van der Waals surface area (Å²) in [6.07, 6.45) is 10.8. The maximum absolute atomic E-state index is 5.03. The van der Waals surface area contributed by atoms with E-state index in [1.54, 1.807) is 0 Å². The van der Waals surface area contributed by atoms with Crippen molar-refractivity contribution in [3.63, 3.8) is 0 Å².